The molecule has 2 heterocycles. The van der Waals surface area contributed by atoms with Crippen molar-refractivity contribution in [1.29, 1.82) is 0 Å². The van der Waals surface area contributed by atoms with E-state index in [4.69, 9.17) is 18.9 Å². The Morgan fingerprint density at radius 1 is 0.846 bits per heavy atom. The van der Waals surface area contributed by atoms with Crippen molar-refractivity contribution < 1.29 is 38.1 Å². The maximum absolute atomic E-state index is 13.1. The highest BCUT2D eigenvalue weighted by Gasteiger charge is 2.45. The predicted octanol–water partition coefficient (Wildman–Crippen LogP) is 2.23. The Kier molecular flexibility index (Phi) is 10.6. The third-order valence-corrected chi connectivity index (χ3v) is 6.80. The number of carbonyl (C=O) groups excluding carboxylic acids is 4. The molecule has 2 aliphatic heterocycles. The lowest BCUT2D eigenvalue weighted by atomic mass is 10.0. The van der Waals surface area contributed by atoms with Crippen LogP contribution in [-0.2, 0) is 23.8 Å². The molecule has 1 atom stereocenters. The molecule has 0 aliphatic carbocycles. The first-order valence-corrected chi connectivity index (χ1v) is 13.7. The molecule has 2 aromatic rings. The van der Waals surface area contributed by atoms with Crippen LogP contribution in [0.25, 0.3) is 0 Å². The Balaban J connectivity index is 1.08. The largest absolute Gasteiger partial charge is 0.491 e. The number of halogens is 1. The van der Waals surface area contributed by atoms with Gasteiger partial charge in [0.05, 0.1) is 50.8 Å². The Hall–Kier alpha value is -3.07. The zero-order valence-corrected chi connectivity index (χ0v) is 23.4. The number of rotatable bonds is 15. The molecule has 2 aliphatic rings. The minimum Gasteiger partial charge on any atom is -0.491 e. The standard InChI is InChI=1S/C27H30IN3O8/c28-18-4-6-19(7-5-18)39-17-16-38-15-14-37-13-12-36-11-10-29-21-3-1-2-20-24(21)27(35)31(26(20)34)22-8-9-23(32)30-25(22)33/h1-7,22,29H,8-17H2,(H,30,32,33). The number of ether oxygens (including phenoxy) is 4. The molecule has 1 unspecified atom stereocenters. The summed E-state index contributed by atoms with van der Waals surface area (Å²) in [5.74, 6) is -1.32. The third-order valence-electron chi connectivity index (χ3n) is 6.08. The SMILES string of the molecule is O=C1CCC(N2C(=O)c3cccc(NCCOCCOCCOCCOc4ccc(I)cc4)c3C2=O)C(=O)N1. The lowest BCUT2D eigenvalue weighted by Crippen LogP contribution is -2.54. The first kappa shape index (κ1) is 28.9. The number of nitrogens with one attached hydrogen (secondary N) is 2. The van der Waals surface area contributed by atoms with E-state index in [2.05, 4.69) is 33.2 Å². The van der Waals surface area contributed by atoms with Crippen LogP contribution >= 0.6 is 22.6 Å². The lowest BCUT2D eigenvalue weighted by Gasteiger charge is -2.27. The van der Waals surface area contributed by atoms with Crippen LogP contribution in [0.4, 0.5) is 5.69 Å². The lowest BCUT2D eigenvalue weighted by molar-refractivity contribution is -0.136. The number of anilines is 1. The van der Waals surface area contributed by atoms with Crippen molar-refractivity contribution in [3.05, 3.63) is 57.2 Å². The van der Waals surface area contributed by atoms with Gasteiger partial charge < -0.3 is 24.3 Å². The number of nitrogens with zero attached hydrogens (tertiary/aromatic N) is 1. The second-order valence-corrected chi connectivity index (χ2v) is 9.99. The second-order valence-electron chi connectivity index (χ2n) is 8.74. The van der Waals surface area contributed by atoms with Gasteiger partial charge in [0.1, 0.15) is 18.4 Å². The molecule has 2 N–H and O–H groups in total. The minimum atomic E-state index is -0.997. The van der Waals surface area contributed by atoms with Crippen molar-refractivity contribution in [1.82, 2.24) is 10.2 Å². The Morgan fingerprint density at radius 3 is 2.21 bits per heavy atom. The van der Waals surface area contributed by atoms with Crippen molar-refractivity contribution in [2.45, 2.75) is 18.9 Å². The number of imide groups is 2. The summed E-state index contributed by atoms with van der Waals surface area (Å²) in [7, 11) is 0. The van der Waals surface area contributed by atoms with Crippen LogP contribution in [0, 0.1) is 3.57 Å². The zero-order chi connectivity index (χ0) is 27.6. The Labute approximate surface area is 239 Å². The summed E-state index contributed by atoms with van der Waals surface area (Å²) >= 11 is 2.24. The summed E-state index contributed by atoms with van der Waals surface area (Å²) in [5, 5.41) is 5.33. The zero-order valence-electron chi connectivity index (χ0n) is 21.3. The molecule has 0 bridgehead atoms. The van der Waals surface area contributed by atoms with Gasteiger partial charge in [-0.1, -0.05) is 6.07 Å². The van der Waals surface area contributed by atoms with Crippen molar-refractivity contribution in [3.8, 4) is 5.75 Å². The van der Waals surface area contributed by atoms with Crippen molar-refractivity contribution >= 4 is 51.9 Å². The molecular weight excluding hydrogens is 621 g/mol. The molecule has 1 saturated heterocycles. The summed E-state index contributed by atoms with van der Waals surface area (Å²) < 4.78 is 23.3. The van der Waals surface area contributed by atoms with Crippen molar-refractivity contribution in [2.24, 2.45) is 0 Å². The third kappa shape index (κ3) is 7.75. The summed E-state index contributed by atoms with van der Waals surface area (Å²) in [6.07, 6.45) is 0.190. The first-order valence-electron chi connectivity index (χ1n) is 12.7. The topological polar surface area (TPSA) is 132 Å². The quantitative estimate of drug-likeness (QED) is 0.169. The number of amides is 4. The normalized spacial score (nSPS) is 16.8. The van der Waals surface area contributed by atoms with Crippen LogP contribution in [0.2, 0.25) is 0 Å². The van der Waals surface area contributed by atoms with E-state index in [9.17, 15) is 19.2 Å². The van der Waals surface area contributed by atoms with Gasteiger partial charge in [-0.05, 0) is 65.4 Å². The molecule has 208 valence electrons. The average Bonchev–Trinajstić information content (AvgIpc) is 3.18. The van der Waals surface area contributed by atoms with Crippen LogP contribution in [-0.4, -0.2) is 87.4 Å². The molecule has 4 amide bonds. The molecule has 12 heteroatoms. The highest BCUT2D eigenvalue weighted by molar-refractivity contribution is 14.1. The van der Waals surface area contributed by atoms with Crippen LogP contribution in [0.1, 0.15) is 33.6 Å². The fraction of sp³-hybridized carbons (Fsp3) is 0.407. The van der Waals surface area contributed by atoms with E-state index in [1.54, 1.807) is 18.2 Å². The Morgan fingerprint density at radius 2 is 1.51 bits per heavy atom. The second kappa shape index (κ2) is 14.4. The van der Waals surface area contributed by atoms with Gasteiger partial charge in [0.15, 0.2) is 0 Å². The van der Waals surface area contributed by atoms with Crippen LogP contribution in [0.3, 0.4) is 0 Å². The number of hydrogen-bond donors (Lipinski definition) is 2. The van der Waals surface area contributed by atoms with E-state index in [-0.39, 0.29) is 24.0 Å². The van der Waals surface area contributed by atoms with Crippen LogP contribution < -0.4 is 15.4 Å². The molecule has 39 heavy (non-hydrogen) atoms. The van der Waals surface area contributed by atoms with Gasteiger partial charge in [0, 0.05) is 22.2 Å². The molecular formula is C27H30IN3O8. The predicted molar refractivity (Wildman–Crippen MR) is 149 cm³/mol. The van der Waals surface area contributed by atoms with Crippen LogP contribution in [0.5, 0.6) is 5.75 Å². The maximum Gasteiger partial charge on any atom is 0.264 e. The average molecular weight is 651 g/mol. The van der Waals surface area contributed by atoms with E-state index >= 15 is 0 Å². The summed E-state index contributed by atoms with van der Waals surface area (Å²) in [6, 6.07) is 11.7. The van der Waals surface area contributed by atoms with E-state index in [1.807, 2.05) is 24.3 Å². The van der Waals surface area contributed by atoms with Gasteiger partial charge in [-0.15, -0.1) is 0 Å². The van der Waals surface area contributed by atoms with Gasteiger partial charge in [0.25, 0.3) is 11.8 Å². The Bertz CT molecular complexity index is 1190. The van der Waals surface area contributed by atoms with E-state index in [0.717, 1.165) is 14.2 Å². The van der Waals surface area contributed by atoms with Crippen molar-refractivity contribution in [2.75, 3.05) is 58.1 Å². The van der Waals surface area contributed by atoms with Gasteiger partial charge >= 0.3 is 0 Å². The molecule has 2 aromatic carbocycles. The van der Waals surface area contributed by atoms with E-state index in [1.165, 1.54) is 0 Å². The maximum atomic E-state index is 13.1. The number of fused-ring (bicyclic) bond motifs is 1. The minimum absolute atomic E-state index is 0.0757. The van der Waals surface area contributed by atoms with Gasteiger partial charge in [0.2, 0.25) is 11.8 Å². The van der Waals surface area contributed by atoms with Crippen molar-refractivity contribution in [3.63, 3.8) is 0 Å². The van der Waals surface area contributed by atoms with Gasteiger partial charge in [-0.3, -0.25) is 29.4 Å². The fourth-order valence-electron chi connectivity index (χ4n) is 4.21. The molecule has 1 fully saturated rings. The highest BCUT2D eigenvalue weighted by atomic mass is 127. The number of benzene rings is 2. The fourth-order valence-corrected chi connectivity index (χ4v) is 4.57. The molecule has 0 radical (unpaired) electrons. The van der Waals surface area contributed by atoms with Crippen LogP contribution in [0.15, 0.2) is 42.5 Å². The number of hydrogen-bond acceptors (Lipinski definition) is 9. The van der Waals surface area contributed by atoms with Gasteiger partial charge in [-0.25, -0.2) is 0 Å². The number of piperidine rings is 1. The van der Waals surface area contributed by atoms with Gasteiger partial charge in [-0.2, -0.15) is 0 Å². The van der Waals surface area contributed by atoms with E-state index < -0.39 is 29.7 Å². The molecule has 11 nitrogen and oxygen atoms in total. The molecule has 4 rings (SSSR count). The molecule has 0 saturated carbocycles. The monoisotopic (exact) mass is 651 g/mol. The van der Waals surface area contributed by atoms with E-state index in [0.29, 0.717) is 58.5 Å². The summed E-state index contributed by atoms with van der Waals surface area (Å²) in [6.45, 7) is 3.41. The molecule has 0 spiro atoms. The first-order chi connectivity index (χ1) is 19.0. The molecule has 0 aromatic heterocycles. The number of carbonyl (C=O) groups is 4. The summed E-state index contributed by atoms with van der Waals surface area (Å²) in [5.41, 5.74) is 0.941. The smallest absolute Gasteiger partial charge is 0.264 e. The summed E-state index contributed by atoms with van der Waals surface area (Å²) in [4.78, 5) is 50.6. The highest BCUT2D eigenvalue weighted by Crippen LogP contribution is 2.32.